The number of nitrogens with zero attached hydrogens (tertiary/aromatic N) is 4. The summed E-state index contributed by atoms with van der Waals surface area (Å²) < 4.78 is 2.21. The summed E-state index contributed by atoms with van der Waals surface area (Å²) in [7, 11) is 0. The van der Waals surface area contributed by atoms with E-state index in [1.54, 1.807) is 0 Å². The largest absolute Gasteiger partial charge is 0.337 e. The number of fused-ring (bicyclic) bond motifs is 6. The second-order valence-corrected chi connectivity index (χ2v) is 16.5. The number of rotatable bonds is 6. The van der Waals surface area contributed by atoms with Crippen LogP contribution < -0.4 is 9.80 Å². The lowest BCUT2D eigenvalue weighted by Gasteiger charge is -2.29. The van der Waals surface area contributed by atoms with E-state index in [2.05, 4.69) is 229 Å². The Morgan fingerprint density at radius 2 is 1.28 bits per heavy atom. The predicted octanol–water partition coefficient (Wildman–Crippen LogP) is 14.9. The normalized spacial score (nSPS) is 15.0. The van der Waals surface area contributed by atoms with Crippen molar-refractivity contribution in [3.8, 4) is 27.9 Å². The smallest absolute Gasteiger partial charge is 0.100 e. The van der Waals surface area contributed by atoms with Gasteiger partial charge >= 0.3 is 0 Å². The lowest BCUT2D eigenvalue weighted by Crippen LogP contribution is -2.18. The molecular weight excluding hydrogens is 741 g/mol. The molecule has 9 aromatic rings. The second kappa shape index (κ2) is 14.5. The summed E-state index contributed by atoms with van der Waals surface area (Å²) in [5.74, 6) is 0. The molecule has 1 aromatic heterocycles. The van der Waals surface area contributed by atoms with E-state index in [9.17, 15) is 0 Å². The highest BCUT2D eigenvalue weighted by Crippen LogP contribution is 2.51. The molecule has 61 heavy (non-hydrogen) atoms. The number of aromatic nitrogens is 2. The van der Waals surface area contributed by atoms with Crippen LogP contribution in [0.3, 0.4) is 0 Å². The van der Waals surface area contributed by atoms with Crippen LogP contribution in [0.15, 0.2) is 213 Å². The van der Waals surface area contributed by atoms with Gasteiger partial charge in [0, 0.05) is 51.0 Å². The van der Waals surface area contributed by atoms with Gasteiger partial charge in [-0.2, -0.15) is 0 Å². The molecule has 292 valence electrons. The Bertz CT molecular complexity index is 3220. The van der Waals surface area contributed by atoms with Gasteiger partial charge < -0.3 is 9.80 Å². The van der Waals surface area contributed by atoms with Gasteiger partial charge in [-0.15, -0.1) is 0 Å². The van der Waals surface area contributed by atoms with Gasteiger partial charge in [0.1, 0.15) is 6.33 Å². The molecule has 1 aliphatic heterocycles. The van der Waals surface area contributed by atoms with E-state index in [4.69, 9.17) is 4.98 Å². The van der Waals surface area contributed by atoms with Crippen molar-refractivity contribution in [2.75, 3.05) is 16.3 Å². The first kappa shape index (κ1) is 36.4. The summed E-state index contributed by atoms with van der Waals surface area (Å²) in [4.78, 5) is 9.54. The lowest BCUT2D eigenvalue weighted by atomic mass is 9.82. The van der Waals surface area contributed by atoms with E-state index in [0.717, 1.165) is 84.7 Å². The van der Waals surface area contributed by atoms with Gasteiger partial charge in [0.05, 0.1) is 22.4 Å². The molecule has 1 aliphatic carbocycles. The zero-order valence-corrected chi connectivity index (χ0v) is 34.3. The third kappa shape index (κ3) is 6.10. The Balaban J connectivity index is 1.05. The first-order valence-corrected chi connectivity index (χ1v) is 21.0. The lowest BCUT2D eigenvalue weighted by molar-refractivity contribution is 0.660. The highest BCUT2D eigenvalue weighted by molar-refractivity contribution is 6.04. The summed E-state index contributed by atoms with van der Waals surface area (Å²) in [6, 6.07) is 63.9. The van der Waals surface area contributed by atoms with Crippen molar-refractivity contribution in [2.45, 2.75) is 19.3 Å². The maximum absolute atomic E-state index is 4.75. The van der Waals surface area contributed by atoms with E-state index in [1.807, 2.05) is 12.4 Å². The fourth-order valence-electron chi connectivity index (χ4n) is 9.55. The summed E-state index contributed by atoms with van der Waals surface area (Å²) in [5.41, 5.74) is 18.3. The Morgan fingerprint density at radius 1 is 0.574 bits per heavy atom. The van der Waals surface area contributed by atoms with Crippen LogP contribution in [0.1, 0.15) is 30.5 Å². The molecule has 0 amide bonds. The first-order valence-electron chi connectivity index (χ1n) is 21.0. The van der Waals surface area contributed by atoms with Crippen molar-refractivity contribution < 1.29 is 0 Å². The predicted molar refractivity (Wildman–Crippen MR) is 257 cm³/mol. The van der Waals surface area contributed by atoms with Crippen LogP contribution in [-0.2, 0) is 5.41 Å². The van der Waals surface area contributed by atoms with Crippen molar-refractivity contribution in [3.63, 3.8) is 0 Å². The van der Waals surface area contributed by atoms with Crippen LogP contribution >= 0.6 is 0 Å². The molecule has 2 aliphatic rings. The number of imidazole rings is 1. The van der Waals surface area contributed by atoms with E-state index in [1.165, 1.54) is 22.3 Å². The number of anilines is 5. The SMILES string of the molecule is C=C1/C=C\C=C/CN(c2ccccc2)c2ccc(-c3ccc(N(c4ccc5c(c4)C(C)(C)c4ccccc4-5)c4ccc(-n5cnc6ccccc65)c5ccccc45)cc3)cc21. The third-order valence-electron chi connectivity index (χ3n) is 12.6. The van der Waals surface area contributed by atoms with Gasteiger partial charge in [0.25, 0.3) is 0 Å². The summed E-state index contributed by atoms with van der Waals surface area (Å²) in [6.07, 6.45) is 10.4. The number of hydrogen-bond acceptors (Lipinski definition) is 3. The average Bonchev–Trinajstić information content (AvgIpc) is 3.85. The van der Waals surface area contributed by atoms with Gasteiger partial charge in [-0.25, -0.2) is 4.98 Å². The van der Waals surface area contributed by atoms with Crippen LogP contribution in [0.25, 0.3) is 55.3 Å². The average molecular weight is 785 g/mol. The molecule has 0 fully saturated rings. The summed E-state index contributed by atoms with van der Waals surface area (Å²) >= 11 is 0. The van der Waals surface area contributed by atoms with Crippen molar-refractivity contribution in [3.05, 3.63) is 230 Å². The molecule has 11 rings (SSSR count). The van der Waals surface area contributed by atoms with Crippen molar-refractivity contribution >= 4 is 55.8 Å². The van der Waals surface area contributed by atoms with E-state index in [-0.39, 0.29) is 5.41 Å². The molecule has 0 saturated carbocycles. The van der Waals surface area contributed by atoms with E-state index >= 15 is 0 Å². The Kier molecular flexibility index (Phi) is 8.68. The van der Waals surface area contributed by atoms with Crippen LogP contribution in [-0.4, -0.2) is 16.1 Å². The molecule has 0 radical (unpaired) electrons. The Labute approximate surface area is 357 Å². The van der Waals surface area contributed by atoms with Crippen molar-refractivity contribution in [1.82, 2.24) is 9.55 Å². The molecule has 0 unspecified atom stereocenters. The summed E-state index contributed by atoms with van der Waals surface area (Å²) in [6.45, 7) is 9.98. The molecule has 0 saturated heterocycles. The molecule has 0 bridgehead atoms. The van der Waals surface area contributed by atoms with Crippen LogP contribution in [0.5, 0.6) is 0 Å². The fraction of sp³-hybridized carbons (Fsp3) is 0.0702. The molecule has 4 heteroatoms. The molecule has 8 aromatic carbocycles. The topological polar surface area (TPSA) is 24.3 Å². The zero-order valence-electron chi connectivity index (χ0n) is 34.3. The Hall–Kier alpha value is -7.69. The van der Waals surface area contributed by atoms with Gasteiger partial charge in [-0.3, -0.25) is 4.57 Å². The third-order valence-corrected chi connectivity index (χ3v) is 12.6. The second-order valence-electron chi connectivity index (χ2n) is 16.5. The quantitative estimate of drug-likeness (QED) is 0.168. The van der Waals surface area contributed by atoms with Crippen molar-refractivity contribution in [2.24, 2.45) is 0 Å². The number of hydrogen-bond donors (Lipinski definition) is 0. The molecule has 0 N–H and O–H groups in total. The molecule has 4 nitrogen and oxygen atoms in total. The monoisotopic (exact) mass is 784 g/mol. The van der Waals surface area contributed by atoms with Crippen LogP contribution in [0.4, 0.5) is 28.4 Å². The molecule has 0 atom stereocenters. The van der Waals surface area contributed by atoms with E-state index < -0.39 is 0 Å². The maximum atomic E-state index is 4.75. The molecule has 0 spiro atoms. The minimum absolute atomic E-state index is 0.138. The molecular formula is C57H44N4. The maximum Gasteiger partial charge on any atom is 0.100 e. The van der Waals surface area contributed by atoms with Gasteiger partial charge in [-0.1, -0.05) is 148 Å². The highest BCUT2D eigenvalue weighted by Gasteiger charge is 2.36. The van der Waals surface area contributed by atoms with Gasteiger partial charge in [-0.05, 0) is 112 Å². The standard InChI is InChI=1S/C57H44N4/c1-39-16-6-5-15-35-59(42-17-7-4-8-18-42)54-32-27-41(36-49(39)54)40-25-28-43(29-26-40)61(44-30-31-46-45-19-11-12-22-50(45)57(2,3)51(46)37-44)55-34-33-53(47-20-9-10-21-48(47)55)60-38-58-52-23-13-14-24-56(52)60/h4-34,36-38H,1,35H2,2-3H3/b15-5-,16-6-. The van der Waals surface area contributed by atoms with Crippen molar-refractivity contribution in [1.29, 1.82) is 0 Å². The summed E-state index contributed by atoms with van der Waals surface area (Å²) in [5, 5.41) is 2.32. The first-order chi connectivity index (χ1) is 29.9. The number of para-hydroxylation sites is 3. The van der Waals surface area contributed by atoms with Crippen LogP contribution in [0, 0.1) is 0 Å². The van der Waals surface area contributed by atoms with Gasteiger partial charge in [0.2, 0.25) is 0 Å². The highest BCUT2D eigenvalue weighted by atomic mass is 15.1. The molecule has 2 heterocycles. The minimum Gasteiger partial charge on any atom is -0.337 e. The Morgan fingerprint density at radius 3 is 2.15 bits per heavy atom. The zero-order chi connectivity index (χ0) is 41.1. The fourth-order valence-corrected chi connectivity index (χ4v) is 9.55. The van der Waals surface area contributed by atoms with E-state index in [0.29, 0.717) is 0 Å². The van der Waals surface area contributed by atoms with Crippen LogP contribution in [0.2, 0.25) is 0 Å². The minimum atomic E-state index is -0.138. The number of allylic oxidation sites excluding steroid dienone is 4. The number of benzene rings is 8. The van der Waals surface area contributed by atoms with Gasteiger partial charge in [0.15, 0.2) is 0 Å².